The molecule has 1 aromatic carbocycles. The smallest absolute Gasteiger partial charge is 0.244 e. The van der Waals surface area contributed by atoms with Crippen molar-refractivity contribution < 1.29 is 19.4 Å². The molecular weight excluding hydrogens is 272 g/mol. The lowest BCUT2D eigenvalue weighted by atomic mass is 9.96. The molecule has 0 heterocycles. The van der Waals surface area contributed by atoms with Gasteiger partial charge in [0.1, 0.15) is 6.61 Å². The molecule has 1 aliphatic carbocycles. The SMILES string of the molecule is COc1ccc(NC(=O)C(C)(N)C2CC2)cc1OCCO. The van der Waals surface area contributed by atoms with Crippen molar-refractivity contribution in [2.75, 3.05) is 25.6 Å². The van der Waals surface area contributed by atoms with E-state index in [1.54, 1.807) is 25.1 Å². The van der Waals surface area contributed by atoms with Crippen molar-refractivity contribution in [1.82, 2.24) is 0 Å². The Morgan fingerprint density at radius 1 is 1.48 bits per heavy atom. The summed E-state index contributed by atoms with van der Waals surface area (Å²) in [6, 6.07) is 5.09. The Morgan fingerprint density at radius 2 is 2.19 bits per heavy atom. The molecule has 1 atom stereocenters. The number of amides is 1. The number of nitrogens with one attached hydrogen (secondary N) is 1. The Kier molecular flexibility index (Phi) is 4.69. The van der Waals surface area contributed by atoms with Crippen LogP contribution in [0.4, 0.5) is 5.69 Å². The molecule has 0 saturated heterocycles. The van der Waals surface area contributed by atoms with Crippen LogP contribution in [0.3, 0.4) is 0 Å². The third-order valence-corrected chi connectivity index (χ3v) is 3.69. The summed E-state index contributed by atoms with van der Waals surface area (Å²) in [7, 11) is 1.53. The maximum absolute atomic E-state index is 12.2. The summed E-state index contributed by atoms with van der Waals surface area (Å²) in [6.07, 6.45) is 1.99. The molecule has 0 bridgehead atoms. The summed E-state index contributed by atoms with van der Waals surface area (Å²) >= 11 is 0. The Bertz CT molecular complexity index is 512. The van der Waals surface area contributed by atoms with Crippen LogP contribution in [0.15, 0.2) is 18.2 Å². The van der Waals surface area contributed by atoms with Gasteiger partial charge in [0, 0.05) is 11.8 Å². The minimum atomic E-state index is -0.855. The highest BCUT2D eigenvalue weighted by Crippen LogP contribution is 2.39. The number of benzene rings is 1. The number of aliphatic hydroxyl groups excluding tert-OH is 1. The number of rotatable bonds is 7. The van der Waals surface area contributed by atoms with Gasteiger partial charge in [0.25, 0.3) is 0 Å². The van der Waals surface area contributed by atoms with Gasteiger partial charge in [-0.2, -0.15) is 0 Å². The summed E-state index contributed by atoms with van der Waals surface area (Å²) in [5.74, 6) is 1.05. The van der Waals surface area contributed by atoms with Crippen LogP contribution in [0, 0.1) is 5.92 Å². The van der Waals surface area contributed by atoms with Gasteiger partial charge in [0.05, 0.1) is 19.3 Å². The van der Waals surface area contributed by atoms with Gasteiger partial charge in [-0.05, 0) is 37.8 Å². The number of carbonyl (C=O) groups excluding carboxylic acids is 1. The third-order valence-electron chi connectivity index (χ3n) is 3.69. The Balaban J connectivity index is 2.10. The quantitative estimate of drug-likeness (QED) is 0.701. The van der Waals surface area contributed by atoms with E-state index >= 15 is 0 Å². The molecule has 6 heteroatoms. The molecule has 0 aliphatic heterocycles. The van der Waals surface area contributed by atoms with Crippen LogP contribution in [0.2, 0.25) is 0 Å². The van der Waals surface area contributed by atoms with Crippen LogP contribution in [0.5, 0.6) is 11.5 Å². The number of ether oxygens (including phenoxy) is 2. The summed E-state index contributed by atoms with van der Waals surface area (Å²) in [5.41, 5.74) is 5.82. The van der Waals surface area contributed by atoms with E-state index in [1.165, 1.54) is 7.11 Å². The van der Waals surface area contributed by atoms with Crippen LogP contribution >= 0.6 is 0 Å². The average Bonchev–Trinajstić information content (AvgIpc) is 3.30. The van der Waals surface area contributed by atoms with Crippen molar-refractivity contribution in [3.8, 4) is 11.5 Å². The van der Waals surface area contributed by atoms with Gasteiger partial charge in [0.2, 0.25) is 5.91 Å². The second-order valence-corrected chi connectivity index (χ2v) is 5.45. The molecule has 21 heavy (non-hydrogen) atoms. The molecular formula is C15H22N2O4. The molecule has 0 spiro atoms. The second-order valence-electron chi connectivity index (χ2n) is 5.45. The van der Waals surface area contributed by atoms with Crippen molar-refractivity contribution in [3.63, 3.8) is 0 Å². The fourth-order valence-electron chi connectivity index (χ4n) is 2.16. The van der Waals surface area contributed by atoms with Gasteiger partial charge in [-0.15, -0.1) is 0 Å². The first-order valence-electron chi connectivity index (χ1n) is 7.01. The highest BCUT2D eigenvalue weighted by molar-refractivity contribution is 5.98. The number of hydrogen-bond donors (Lipinski definition) is 3. The predicted octanol–water partition coefficient (Wildman–Crippen LogP) is 1.13. The first-order chi connectivity index (χ1) is 9.98. The number of nitrogens with two attached hydrogens (primary N) is 1. The molecule has 1 fully saturated rings. The summed E-state index contributed by atoms with van der Waals surface area (Å²) < 4.78 is 10.6. The number of anilines is 1. The third kappa shape index (κ3) is 3.65. The maximum atomic E-state index is 12.2. The van der Waals surface area contributed by atoms with Gasteiger partial charge in [-0.1, -0.05) is 0 Å². The lowest BCUT2D eigenvalue weighted by Gasteiger charge is -2.23. The van der Waals surface area contributed by atoms with Crippen LogP contribution < -0.4 is 20.5 Å². The van der Waals surface area contributed by atoms with E-state index in [0.717, 1.165) is 12.8 Å². The van der Waals surface area contributed by atoms with Crippen molar-refractivity contribution >= 4 is 11.6 Å². The van der Waals surface area contributed by atoms with Crippen molar-refractivity contribution in [2.24, 2.45) is 11.7 Å². The van der Waals surface area contributed by atoms with Crippen molar-refractivity contribution in [3.05, 3.63) is 18.2 Å². The van der Waals surface area contributed by atoms with E-state index in [-0.39, 0.29) is 25.0 Å². The summed E-state index contributed by atoms with van der Waals surface area (Å²) in [6.45, 7) is 1.82. The Labute approximate surface area is 124 Å². The maximum Gasteiger partial charge on any atom is 0.244 e. The number of carbonyl (C=O) groups is 1. The lowest BCUT2D eigenvalue weighted by Crippen LogP contribution is -2.50. The summed E-state index contributed by atoms with van der Waals surface area (Å²) in [4.78, 5) is 12.2. The molecule has 1 aliphatic rings. The molecule has 0 radical (unpaired) electrons. The first kappa shape index (κ1) is 15.6. The molecule has 1 aromatic rings. The largest absolute Gasteiger partial charge is 0.493 e. The van der Waals surface area contributed by atoms with Crippen LogP contribution in [-0.4, -0.2) is 36.9 Å². The fourth-order valence-corrected chi connectivity index (χ4v) is 2.16. The van der Waals surface area contributed by atoms with E-state index in [2.05, 4.69) is 5.32 Å². The highest BCUT2D eigenvalue weighted by Gasteiger charge is 2.44. The van der Waals surface area contributed by atoms with Gasteiger partial charge in [0.15, 0.2) is 11.5 Å². The number of aliphatic hydroxyl groups is 1. The Hall–Kier alpha value is -1.79. The van der Waals surface area contributed by atoms with Crippen molar-refractivity contribution in [1.29, 1.82) is 0 Å². The highest BCUT2D eigenvalue weighted by atomic mass is 16.5. The molecule has 6 nitrogen and oxygen atoms in total. The molecule has 1 unspecified atom stereocenters. The average molecular weight is 294 g/mol. The van der Waals surface area contributed by atoms with Crippen LogP contribution in [0.1, 0.15) is 19.8 Å². The van der Waals surface area contributed by atoms with Gasteiger partial charge in [-0.25, -0.2) is 0 Å². The monoisotopic (exact) mass is 294 g/mol. The van der Waals surface area contributed by atoms with Crippen molar-refractivity contribution in [2.45, 2.75) is 25.3 Å². The van der Waals surface area contributed by atoms with E-state index in [0.29, 0.717) is 17.2 Å². The predicted molar refractivity (Wildman–Crippen MR) is 79.5 cm³/mol. The second kappa shape index (κ2) is 6.32. The zero-order valence-corrected chi connectivity index (χ0v) is 12.4. The zero-order chi connectivity index (χ0) is 15.5. The minimum absolute atomic E-state index is 0.0949. The standard InChI is InChI=1S/C15H22N2O4/c1-15(16,10-3-4-10)14(19)17-11-5-6-12(20-2)13(9-11)21-8-7-18/h5-6,9-10,18H,3-4,7-8,16H2,1-2H3,(H,17,19). The molecule has 1 saturated carbocycles. The van der Waals surface area contributed by atoms with Crippen LogP contribution in [-0.2, 0) is 4.79 Å². The number of hydrogen-bond acceptors (Lipinski definition) is 5. The number of methoxy groups -OCH3 is 1. The van der Waals surface area contributed by atoms with Crippen LogP contribution in [0.25, 0.3) is 0 Å². The van der Waals surface area contributed by atoms with E-state index < -0.39 is 5.54 Å². The molecule has 1 amide bonds. The zero-order valence-electron chi connectivity index (χ0n) is 12.4. The van der Waals surface area contributed by atoms with Gasteiger partial charge >= 0.3 is 0 Å². The normalized spacial score (nSPS) is 17.0. The minimum Gasteiger partial charge on any atom is -0.493 e. The first-order valence-corrected chi connectivity index (χ1v) is 7.01. The lowest BCUT2D eigenvalue weighted by molar-refractivity contribution is -0.121. The van der Waals surface area contributed by atoms with Gasteiger partial charge in [-0.3, -0.25) is 4.79 Å². The van der Waals surface area contributed by atoms with E-state index in [4.69, 9.17) is 20.3 Å². The molecule has 2 rings (SSSR count). The fraction of sp³-hybridized carbons (Fsp3) is 0.533. The van der Waals surface area contributed by atoms with E-state index in [1.807, 2.05) is 0 Å². The van der Waals surface area contributed by atoms with Gasteiger partial charge < -0.3 is 25.6 Å². The molecule has 0 aromatic heterocycles. The van der Waals surface area contributed by atoms with E-state index in [9.17, 15) is 4.79 Å². The molecule has 4 N–H and O–H groups in total. The molecule has 116 valence electrons. The Morgan fingerprint density at radius 3 is 2.76 bits per heavy atom. The topological polar surface area (TPSA) is 93.8 Å². The summed E-state index contributed by atoms with van der Waals surface area (Å²) in [5, 5.41) is 11.6.